The average Bonchev–Trinajstić information content (AvgIpc) is 2.30. The van der Waals surface area contributed by atoms with Crippen LogP contribution in [0.3, 0.4) is 0 Å². The molecule has 0 saturated carbocycles. The second-order valence-corrected chi connectivity index (χ2v) is 6.75. The van der Waals surface area contributed by atoms with E-state index in [-0.39, 0.29) is 5.41 Å². The fourth-order valence-corrected chi connectivity index (χ4v) is 3.87. The molecule has 3 heteroatoms. The molecular formula is C13H25O2Zr. The molecule has 16 heavy (non-hydrogen) atoms. The van der Waals surface area contributed by atoms with E-state index in [1.54, 1.807) is 0 Å². The summed E-state index contributed by atoms with van der Waals surface area (Å²) in [6.45, 7) is 8.50. The minimum atomic E-state index is -0.590. The van der Waals surface area contributed by atoms with Crippen LogP contribution in [0, 0.1) is 5.41 Å². The van der Waals surface area contributed by atoms with Gasteiger partial charge in [0, 0.05) is 0 Å². The molecule has 1 unspecified atom stereocenters. The van der Waals surface area contributed by atoms with Crippen LogP contribution in [0.1, 0.15) is 66.2 Å². The standard InChI is InChI=1S/C13H25O2.Zr/c1-5-9-10-13(7-3,8-4)11(6-2)12(14)15;/h5-10H2,1-4H3,(H,14,15);. The van der Waals surface area contributed by atoms with Crippen molar-refractivity contribution in [2.75, 3.05) is 0 Å². The number of hydrogen-bond acceptors (Lipinski definition) is 1. The summed E-state index contributed by atoms with van der Waals surface area (Å²) in [5.74, 6) is -0.590. The molecular weight excluding hydrogens is 279 g/mol. The molecule has 0 radical (unpaired) electrons. The summed E-state index contributed by atoms with van der Waals surface area (Å²) in [7, 11) is 0. The van der Waals surface area contributed by atoms with Gasteiger partial charge in [-0.1, -0.05) is 0 Å². The molecule has 0 rings (SSSR count). The number of carboxylic acids is 1. The van der Waals surface area contributed by atoms with Crippen LogP contribution < -0.4 is 0 Å². The van der Waals surface area contributed by atoms with Gasteiger partial charge in [-0.05, 0) is 0 Å². The zero-order chi connectivity index (χ0) is 12.8. The Kier molecular flexibility index (Phi) is 7.09. The third kappa shape index (κ3) is 2.97. The normalized spacial score (nSPS) is 15.7. The fraction of sp³-hybridized carbons (Fsp3) is 0.923. The Hall–Kier alpha value is 0.353. The molecule has 0 amide bonds. The van der Waals surface area contributed by atoms with E-state index in [0.29, 0.717) is 0 Å². The first-order valence-corrected chi connectivity index (χ1v) is 7.65. The Morgan fingerprint density at radius 2 is 1.62 bits per heavy atom. The van der Waals surface area contributed by atoms with Crippen LogP contribution in [-0.4, -0.2) is 11.1 Å². The van der Waals surface area contributed by atoms with Gasteiger partial charge in [0.15, 0.2) is 0 Å². The second kappa shape index (κ2) is 6.94. The summed E-state index contributed by atoms with van der Waals surface area (Å²) in [5, 5.41) is 9.55. The zero-order valence-electron chi connectivity index (χ0n) is 11.1. The van der Waals surface area contributed by atoms with Crippen molar-refractivity contribution in [3.8, 4) is 0 Å². The zero-order valence-corrected chi connectivity index (χ0v) is 13.6. The van der Waals surface area contributed by atoms with Gasteiger partial charge in [0.25, 0.3) is 0 Å². The number of carbonyl (C=O) groups is 1. The number of hydrogen-bond donors (Lipinski definition) is 1. The van der Waals surface area contributed by atoms with Gasteiger partial charge in [0.1, 0.15) is 0 Å². The predicted molar refractivity (Wildman–Crippen MR) is 63.2 cm³/mol. The van der Waals surface area contributed by atoms with Crippen molar-refractivity contribution in [1.29, 1.82) is 0 Å². The van der Waals surface area contributed by atoms with Gasteiger partial charge < -0.3 is 0 Å². The average molecular weight is 305 g/mol. The van der Waals surface area contributed by atoms with Gasteiger partial charge >= 0.3 is 115 Å². The van der Waals surface area contributed by atoms with Crippen molar-refractivity contribution in [2.24, 2.45) is 5.41 Å². The quantitative estimate of drug-likeness (QED) is 0.730. The van der Waals surface area contributed by atoms with Crippen molar-refractivity contribution in [3.63, 3.8) is 0 Å². The molecule has 0 heterocycles. The van der Waals surface area contributed by atoms with Crippen molar-refractivity contribution in [3.05, 3.63) is 0 Å². The number of unbranched alkanes of at least 4 members (excludes halogenated alkanes) is 1. The van der Waals surface area contributed by atoms with E-state index in [0.717, 1.165) is 63.2 Å². The summed E-state index contributed by atoms with van der Waals surface area (Å²) in [6.07, 6.45) is 6.07. The van der Waals surface area contributed by atoms with Crippen LogP contribution in [0.2, 0.25) is 3.12 Å². The molecule has 0 aliphatic carbocycles. The minimum absolute atomic E-state index is 0.00190. The van der Waals surface area contributed by atoms with Gasteiger partial charge in [-0.15, -0.1) is 0 Å². The molecule has 1 atom stereocenters. The first kappa shape index (κ1) is 16.4. The maximum absolute atomic E-state index is 11.6. The Labute approximate surface area is 115 Å². The monoisotopic (exact) mass is 303 g/mol. The van der Waals surface area contributed by atoms with E-state index < -0.39 is 9.09 Å². The maximum atomic E-state index is 11.6. The molecule has 0 aliphatic rings. The van der Waals surface area contributed by atoms with Crippen LogP contribution in [0.15, 0.2) is 0 Å². The summed E-state index contributed by atoms with van der Waals surface area (Å²) >= 11 is 1.16. The SMILES string of the molecule is CCCCC(CC)(CC)[C]([Zr])(CC)C(=O)O. The molecule has 0 aromatic rings. The van der Waals surface area contributed by atoms with Crippen molar-refractivity contribution < 1.29 is 34.6 Å². The van der Waals surface area contributed by atoms with Crippen molar-refractivity contribution >= 4 is 5.97 Å². The molecule has 93 valence electrons. The molecule has 0 aromatic carbocycles. The topological polar surface area (TPSA) is 37.3 Å². The summed E-state index contributed by atoms with van der Waals surface area (Å²) in [6, 6.07) is 0. The Morgan fingerprint density at radius 3 is 1.88 bits per heavy atom. The van der Waals surface area contributed by atoms with Crippen LogP contribution in [0.4, 0.5) is 0 Å². The Morgan fingerprint density at radius 1 is 1.12 bits per heavy atom. The van der Waals surface area contributed by atoms with Crippen molar-refractivity contribution in [1.82, 2.24) is 0 Å². The van der Waals surface area contributed by atoms with E-state index in [4.69, 9.17) is 0 Å². The van der Waals surface area contributed by atoms with E-state index in [2.05, 4.69) is 20.8 Å². The molecule has 0 aliphatic heterocycles. The van der Waals surface area contributed by atoms with Gasteiger partial charge in [0.2, 0.25) is 0 Å². The summed E-state index contributed by atoms with van der Waals surface area (Å²) < 4.78 is -0.488. The van der Waals surface area contributed by atoms with E-state index >= 15 is 0 Å². The van der Waals surface area contributed by atoms with Gasteiger partial charge in [-0.3, -0.25) is 0 Å². The van der Waals surface area contributed by atoms with Crippen LogP contribution in [0.5, 0.6) is 0 Å². The Bertz CT molecular complexity index is 224. The predicted octanol–water partition coefficient (Wildman–Crippen LogP) is 4.18. The van der Waals surface area contributed by atoms with Crippen LogP contribution in [-0.2, 0) is 29.5 Å². The van der Waals surface area contributed by atoms with Gasteiger partial charge in [0.05, 0.1) is 0 Å². The van der Waals surface area contributed by atoms with E-state index in [1.165, 1.54) is 0 Å². The second-order valence-electron chi connectivity index (χ2n) is 4.66. The Balaban J connectivity index is 5.19. The van der Waals surface area contributed by atoms with E-state index in [1.807, 2.05) is 6.92 Å². The molecule has 0 spiro atoms. The molecule has 2 nitrogen and oxygen atoms in total. The first-order chi connectivity index (χ1) is 7.44. The molecule has 0 bridgehead atoms. The van der Waals surface area contributed by atoms with Crippen LogP contribution in [0.25, 0.3) is 0 Å². The molecule has 0 aromatic heterocycles. The molecule has 0 saturated heterocycles. The van der Waals surface area contributed by atoms with Gasteiger partial charge in [-0.25, -0.2) is 0 Å². The van der Waals surface area contributed by atoms with Crippen molar-refractivity contribution in [2.45, 2.75) is 69.3 Å². The number of aliphatic carboxylic acids is 1. The first-order valence-electron chi connectivity index (χ1n) is 6.42. The van der Waals surface area contributed by atoms with Crippen LogP contribution >= 0.6 is 0 Å². The molecule has 0 fully saturated rings. The fourth-order valence-electron chi connectivity index (χ4n) is 2.69. The third-order valence-corrected chi connectivity index (χ3v) is 6.86. The number of carboxylic acid groups (broad SMARTS) is 1. The molecule has 1 N–H and O–H groups in total. The summed E-state index contributed by atoms with van der Waals surface area (Å²) in [4.78, 5) is 11.6. The van der Waals surface area contributed by atoms with Gasteiger partial charge in [-0.2, -0.15) is 0 Å². The van der Waals surface area contributed by atoms with E-state index in [9.17, 15) is 9.90 Å². The number of rotatable bonds is 8. The summed E-state index contributed by atoms with van der Waals surface area (Å²) in [5.41, 5.74) is 0.00190. The third-order valence-electron chi connectivity index (χ3n) is 4.16.